The maximum Gasteiger partial charge on any atom is 0.242 e. The number of amides is 2. The predicted molar refractivity (Wildman–Crippen MR) is 86.9 cm³/mol. The molecule has 0 atom stereocenters. The van der Waals surface area contributed by atoms with Crippen molar-refractivity contribution < 1.29 is 14.3 Å². The van der Waals surface area contributed by atoms with E-state index >= 15 is 0 Å². The maximum absolute atomic E-state index is 12.2. The van der Waals surface area contributed by atoms with Crippen molar-refractivity contribution in [2.75, 3.05) is 33.3 Å². The summed E-state index contributed by atoms with van der Waals surface area (Å²) in [5.41, 5.74) is 1.03. The number of para-hydroxylation sites is 1. The lowest BCUT2D eigenvalue weighted by Crippen LogP contribution is -2.42. The van der Waals surface area contributed by atoms with Gasteiger partial charge < -0.3 is 14.5 Å². The van der Waals surface area contributed by atoms with E-state index in [4.69, 9.17) is 4.74 Å². The molecule has 1 aromatic rings. The summed E-state index contributed by atoms with van der Waals surface area (Å²) < 4.78 is 5.31. The lowest BCUT2D eigenvalue weighted by molar-refractivity contribution is -0.139. The molecule has 0 unspecified atom stereocenters. The number of hydrogen-bond acceptors (Lipinski definition) is 3. The van der Waals surface area contributed by atoms with Crippen molar-refractivity contribution in [3.63, 3.8) is 0 Å². The number of benzene rings is 1. The van der Waals surface area contributed by atoms with Gasteiger partial charge in [0.2, 0.25) is 11.8 Å². The van der Waals surface area contributed by atoms with Crippen LogP contribution >= 0.6 is 0 Å². The van der Waals surface area contributed by atoms with Crippen LogP contribution in [0.3, 0.4) is 0 Å². The first-order valence-corrected chi connectivity index (χ1v) is 7.68. The zero-order chi connectivity index (χ0) is 16.5. The third kappa shape index (κ3) is 5.06. The van der Waals surface area contributed by atoms with Gasteiger partial charge in [-0.15, -0.1) is 0 Å². The van der Waals surface area contributed by atoms with Gasteiger partial charge in [0.25, 0.3) is 0 Å². The summed E-state index contributed by atoms with van der Waals surface area (Å²) in [6.45, 7) is 7.33. The van der Waals surface area contributed by atoms with Crippen LogP contribution in [-0.4, -0.2) is 54.9 Å². The van der Waals surface area contributed by atoms with E-state index in [9.17, 15) is 9.59 Å². The molecule has 0 saturated carbocycles. The average molecular weight is 306 g/mol. The summed E-state index contributed by atoms with van der Waals surface area (Å²) >= 11 is 0. The van der Waals surface area contributed by atoms with Crippen LogP contribution in [0.5, 0.6) is 5.75 Å². The molecule has 0 aliphatic heterocycles. The van der Waals surface area contributed by atoms with Crippen LogP contribution in [-0.2, 0) is 16.0 Å². The molecule has 0 saturated heterocycles. The van der Waals surface area contributed by atoms with Gasteiger partial charge in [0.15, 0.2) is 0 Å². The molecule has 1 aromatic carbocycles. The van der Waals surface area contributed by atoms with Gasteiger partial charge in [0.1, 0.15) is 5.75 Å². The highest BCUT2D eigenvalue weighted by molar-refractivity contribution is 5.83. The minimum atomic E-state index is -0.0876. The fraction of sp³-hybridized carbons (Fsp3) is 0.529. The van der Waals surface area contributed by atoms with Gasteiger partial charge in [0, 0.05) is 26.6 Å². The summed E-state index contributed by atoms with van der Waals surface area (Å²) in [6.07, 6.45) is 0.662. The molecule has 122 valence electrons. The van der Waals surface area contributed by atoms with Gasteiger partial charge in [-0.25, -0.2) is 0 Å². The van der Waals surface area contributed by atoms with E-state index in [1.807, 2.05) is 38.1 Å². The largest absolute Gasteiger partial charge is 0.496 e. The van der Waals surface area contributed by atoms with E-state index in [1.54, 1.807) is 16.9 Å². The van der Waals surface area contributed by atoms with E-state index in [2.05, 4.69) is 0 Å². The Kier molecular flexibility index (Phi) is 7.43. The van der Waals surface area contributed by atoms with Gasteiger partial charge >= 0.3 is 0 Å². The summed E-state index contributed by atoms with van der Waals surface area (Å²) in [6, 6.07) is 7.73. The first-order valence-electron chi connectivity index (χ1n) is 7.68. The van der Waals surface area contributed by atoms with Gasteiger partial charge in [0.05, 0.1) is 13.7 Å². The Morgan fingerprint density at radius 1 is 1.09 bits per heavy atom. The van der Waals surface area contributed by atoms with Crippen molar-refractivity contribution in [2.24, 2.45) is 0 Å². The summed E-state index contributed by atoms with van der Waals surface area (Å²) in [5.74, 6) is 0.705. The quantitative estimate of drug-likeness (QED) is 0.737. The summed E-state index contributed by atoms with van der Waals surface area (Å²) in [4.78, 5) is 27.3. The van der Waals surface area contributed by atoms with Gasteiger partial charge in [-0.05, 0) is 31.9 Å². The number of hydrogen-bond donors (Lipinski definition) is 0. The normalized spacial score (nSPS) is 10.2. The average Bonchev–Trinajstić information content (AvgIpc) is 2.52. The zero-order valence-electron chi connectivity index (χ0n) is 14.0. The molecule has 22 heavy (non-hydrogen) atoms. The molecule has 5 nitrogen and oxygen atoms in total. The Morgan fingerprint density at radius 2 is 1.73 bits per heavy atom. The Labute approximate surface area is 132 Å². The van der Waals surface area contributed by atoms with Crippen LogP contribution in [0.25, 0.3) is 0 Å². The molecule has 0 aliphatic rings. The molecule has 0 aliphatic carbocycles. The third-order valence-electron chi connectivity index (χ3n) is 3.73. The molecule has 0 radical (unpaired) electrons. The van der Waals surface area contributed by atoms with Crippen molar-refractivity contribution in [3.05, 3.63) is 29.8 Å². The van der Waals surface area contributed by atoms with Crippen LogP contribution in [0.1, 0.15) is 26.3 Å². The Bertz CT molecular complexity index is 498. The van der Waals surface area contributed by atoms with Crippen LogP contribution in [0, 0.1) is 0 Å². The van der Waals surface area contributed by atoms with Crippen molar-refractivity contribution in [3.8, 4) is 5.75 Å². The lowest BCUT2D eigenvalue weighted by atomic mass is 10.1. The molecule has 0 spiro atoms. The Balaban J connectivity index is 2.69. The number of carbonyl (C=O) groups is 2. The van der Waals surface area contributed by atoms with Gasteiger partial charge in [-0.3, -0.25) is 9.59 Å². The second-order valence-electron chi connectivity index (χ2n) is 5.07. The first kappa shape index (κ1) is 18.0. The number of nitrogens with zero attached hydrogens (tertiary/aromatic N) is 2. The Hall–Kier alpha value is -2.04. The fourth-order valence-electron chi connectivity index (χ4n) is 2.35. The number of ether oxygens (including phenoxy) is 1. The van der Waals surface area contributed by atoms with Crippen LogP contribution in [0.15, 0.2) is 24.3 Å². The molecule has 0 aromatic heterocycles. The van der Waals surface area contributed by atoms with Crippen LogP contribution < -0.4 is 4.74 Å². The fourth-order valence-corrected chi connectivity index (χ4v) is 2.35. The first-order chi connectivity index (χ1) is 10.5. The van der Waals surface area contributed by atoms with Crippen LogP contribution in [0.4, 0.5) is 0 Å². The smallest absolute Gasteiger partial charge is 0.242 e. The number of likely N-dealkylation sites (N-methyl/N-ethyl adjacent to an activating group) is 1. The van der Waals surface area contributed by atoms with Crippen LogP contribution in [0.2, 0.25) is 0 Å². The number of methoxy groups -OCH3 is 1. The molecule has 0 heterocycles. The van der Waals surface area contributed by atoms with Crippen molar-refractivity contribution in [1.82, 2.24) is 9.80 Å². The van der Waals surface area contributed by atoms with E-state index in [0.29, 0.717) is 26.1 Å². The summed E-state index contributed by atoms with van der Waals surface area (Å²) in [7, 11) is 1.63. The topological polar surface area (TPSA) is 49.9 Å². The standard InChI is InChI=1S/C17H26N2O3/c1-5-18(6-2)17(21)13-19(14(3)20)12-11-15-9-7-8-10-16(15)22-4/h7-10H,5-6,11-13H2,1-4H3. The number of carbonyl (C=O) groups excluding carboxylic acids is 2. The minimum absolute atomic E-state index is 0.0137. The molecule has 0 fully saturated rings. The monoisotopic (exact) mass is 306 g/mol. The number of rotatable bonds is 8. The van der Waals surface area contributed by atoms with Gasteiger partial charge in [-0.1, -0.05) is 18.2 Å². The van der Waals surface area contributed by atoms with Crippen molar-refractivity contribution >= 4 is 11.8 Å². The van der Waals surface area contributed by atoms with Crippen molar-refractivity contribution in [2.45, 2.75) is 27.2 Å². The molecule has 0 bridgehead atoms. The van der Waals surface area contributed by atoms with Crippen molar-refractivity contribution in [1.29, 1.82) is 0 Å². The van der Waals surface area contributed by atoms with E-state index in [0.717, 1.165) is 11.3 Å². The SMILES string of the molecule is CCN(CC)C(=O)CN(CCc1ccccc1OC)C(C)=O. The Morgan fingerprint density at radius 3 is 2.27 bits per heavy atom. The molecular formula is C17H26N2O3. The molecule has 1 rings (SSSR count). The highest BCUT2D eigenvalue weighted by Gasteiger charge is 2.17. The van der Waals surface area contributed by atoms with E-state index in [-0.39, 0.29) is 18.4 Å². The second-order valence-corrected chi connectivity index (χ2v) is 5.07. The molecule has 0 N–H and O–H groups in total. The maximum atomic E-state index is 12.2. The van der Waals surface area contributed by atoms with Gasteiger partial charge in [-0.2, -0.15) is 0 Å². The van der Waals surface area contributed by atoms with E-state index < -0.39 is 0 Å². The summed E-state index contributed by atoms with van der Waals surface area (Å²) in [5, 5.41) is 0. The molecule has 5 heteroatoms. The lowest BCUT2D eigenvalue weighted by Gasteiger charge is -2.25. The third-order valence-corrected chi connectivity index (χ3v) is 3.73. The molecular weight excluding hydrogens is 280 g/mol. The highest BCUT2D eigenvalue weighted by atomic mass is 16.5. The minimum Gasteiger partial charge on any atom is -0.496 e. The van der Waals surface area contributed by atoms with E-state index in [1.165, 1.54) is 6.92 Å². The predicted octanol–water partition coefficient (Wildman–Crippen LogP) is 1.95. The molecule has 2 amide bonds. The second kappa shape index (κ2) is 9.07. The zero-order valence-corrected chi connectivity index (χ0v) is 14.0. The highest BCUT2D eigenvalue weighted by Crippen LogP contribution is 2.18.